The van der Waals surface area contributed by atoms with Crippen molar-refractivity contribution in [3.05, 3.63) is 54.2 Å². The Labute approximate surface area is 180 Å². The first-order valence-electron chi connectivity index (χ1n) is 9.62. The van der Waals surface area contributed by atoms with Crippen molar-refractivity contribution in [2.45, 2.75) is 6.92 Å². The summed E-state index contributed by atoms with van der Waals surface area (Å²) in [6.45, 7) is 2.84. The molecule has 0 spiro atoms. The number of para-hydroxylation sites is 1. The number of methoxy groups -OCH3 is 2. The number of amides is 2. The third-order valence-electron chi connectivity index (χ3n) is 4.20. The van der Waals surface area contributed by atoms with Crippen LogP contribution in [0.15, 0.2) is 48.7 Å². The SMILES string of the molecule is COc1cccc(NC(=O)NCCNc2ccc(Nc3ccc(C)cn3)nn2)c1OC. The van der Waals surface area contributed by atoms with E-state index in [9.17, 15) is 4.79 Å². The highest BCUT2D eigenvalue weighted by atomic mass is 16.5. The van der Waals surface area contributed by atoms with E-state index >= 15 is 0 Å². The van der Waals surface area contributed by atoms with Gasteiger partial charge in [0.2, 0.25) is 0 Å². The molecule has 31 heavy (non-hydrogen) atoms. The quantitative estimate of drug-likeness (QED) is 0.387. The highest BCUT2D eigenvalue weighted by Gasteiger charge is 2.11. The Morgan fingerprint density at radius 2 is 1.71 bits per heavy atom. The molecule has 2 aromatic heterocycles. The van der Waals surface area contributed by atoms with Crippen LogP contribution >= 0.6 is 0 Å². The van der Waals surface area contributed by atoms with Crippen molar-refractivity contribution in [3.63, 3.8) is 0 Å². The van der Waals surface area contributed by atoms with Gasteiger partial charge in [0, 0.05) is 19.3 Å². The molecule has 0 aliphatic heterocycles. The van der Waals surface area contributed by atoms with Gasteiger partial charge in [0.25, 0.3) is 0 Å². The van der Waals surface area contributed by atoms with E-state index in [2.05, 4.69) is 36.4 Å². The molecule has 0 fully saturated rings. The average Bonchev–Trinajstić information content (AvgIpc) is 2.79. The lowest BCUT2D eigenvalue weighted by molar-refractivity contribution is 0.252. The molecule has 0 radical (unpaired) electrons. The smallest absolute Gasteiger partial charge is 0.319 e. The van der Waals surface area contributed by atoms with E-state index in [1.165, 1.54) is 14.2 Å². The minimum atomic E-state index is -0.357. The monoisotopic (exact) mass is 423 g/mol. The van der Waals surface area contributed by atoms with Crippen LogP contribution in [0.2, 0.25) is 0 Å². The second-order valence-corrected chi connectivity index (χ2v) is 6.50. The van der Waals surface area contributed by atoms with Gasteiger partial charge >= 0.3 is 6.03 Å². The second kappa shape index (κ2) is 10.6. The van der Waals surface area contributed by atoms with E-state index in [4.69, 9.17) is 9.47 Å². The molecule has 2 heterocycles. The third kappa shape index (κ3) is 6.20. The molecule has 3 aromatic rings. The summed E-state index contributed by atoms with van der Waals surface area (Å²) < 4.78 is 10.5. The lowest BCUT2D eigenvalue weighted by Crippen LogP contribution is -2.32. The van der Waals surface area contributed by atoms with Crippen LogP contribution in [-0.4, -0.2) is 48.5 Å². The summed E-state index contributed by atoms with van der Waals surface area (Å²) in [5, 5.41) is 19.9. The van der Waals surface area contributed by atoms with Crippen molar-refractivity contribution in [1.82, 2.24) is 20.5 Å². The van der Waals surface area contributed by atoms with Crippen LogP contribution in [0, 0.1) is 6.92 Å². The lowest BCUT2D eigenvalue weighted by atomic mass is 10.2. The Balaban J connectivity index is 1.42. The van der Waals surface area contributed by atoms with Gasteiger partial charge in [0.05, 0.1) is 19.9 Å². The van der Waals surface area contributed by atoms with Crippen LogP contribution in [0.4, 0.5) is 27.9 Å². The van der Waals surface area contributed by atoms with Crippen LogP contribution < -0.4 is 30.7 Å². The van der Waals surface area contributed by atoms with E-state index in [-0.39, 0.29) is 6.03 Å². The molecule has 0 bridgehead atoms. The number of carbonyl (C=O) groups is 1. The molecule has 1 aromatic carbocycles. The van der Waals surface area contributed by atoms with E-state index in [0.717, 1.165) is 5.56 Å². The molecule has 0 saturated heterocycles. The number of hydrogen-bond donors (Lipinski definition) is 4. The summed E-state index contributed by atoms with van der Waals surface area (Å²) in [5.74, 6) is 2.88. The Morgan fingerprint density at radius 1 is 0.935 bits per heavy atom. The van der Waals surface area contributed by atoms with E-state index in [1.54, 1.807) is 36.5 Å². The molecule has 3 rings (SSSR count). The van der Waals surface area contributed by atoms with Crippen molar-refractivity contribution in [2.75, 3.05) is 43.3 Å². The highest BCUT2D eigenvalue weighted by Crippen LogP contribution is 2.34. The van der Waals surface area contributed by atoms with Crippen LogP contribution in [0.3, 0.4) is 0 Å². The number of nitrogens with one attached hydrogen (secondary N) is 4. The van der Waals surface area contributed by atoms with Gasteiger partial charge in [-0.25, -0.2) is 9.78 Å². The number of carbonyl (C=O) groups excluding carboxylic acids is 1. The number of aryl methyl sites for hydroxylation is 1. The predicted octanol–water partition coefficient (Wildman–Crippen LogP) is 3.17. The third-order valence-corrected chi connectivity index (χ3v) is 4.20. The predicted molar refractivity (Wildman–Crippen MR) is 119 cm³/mol. The summed E-state index contributed by atoms with van der Waals surface area (Å²) in [6, 6.07) is 12.3. The van der Waals surface area contributed by atoms with Gasteiger partial charge in [-0.2, -0.15) is 0 Å². The summed E-state index contributed by atoms with van der Waals surface area (Å²) in [5.41, 5.74) is 1.60. The Bertz CT molecular complexity index is 995. The maximum Gasteiger partial charge on any atom is 0.319 e. The van der Waals surface area contributed by atoms with E-state index < -0.39 is 0 Å². The molecule has 0 saturated carbocycles. The second-order valence-electron chi connectivity index (χ2n) is 6.50. The minimum absolute atomic E-state index is 0.357. The largest absolute Gasteiger partial charge is 0.493 e. The normalized spacial score (nSPS) is 10.2. The van der Waals surface area contributed by atoms with Crippen molar-refractivity contribution in [2.24, 2.45) is 0 Å². The maximum atomic E-state index is 12.1. The maximum absolute atomic E-state index is 12.1. The summed E-state index contributed by atoms with van der Waals surface area (Å²) in [6.07, 6.45) is 1.78. The number of urea groups is 1. The Morgan fingerprint density at radius 3 is 2.39 bits per heavy atom. The number of rotatable bonds is 9. The summed E-state index contributed by atoms with van der Waals surface area (Å²) >= 11 is 0. The fourth-order valence-corrected chi connectivity index (χ4v) is 2.68. The van der Waals surface area contributed by atoms with Gasteiger partial charge in [-0.15, -0.1) is 10.2 Å². The zero-order valence-electron chi connectivity index (χ0n) is 17.6. The van der Waals surface area contributed by atoms with E-state index in [0.29, 0.717) is 47.7 Å². The topological polar surface area (TPSA) is 122 Å². The first-order chi connectivity index (χ1) is 15.1. The summed E-state index contributed by atoms with van der Waals surface area (Å²) in [4.78, 5) is 16.4. The van der Waals surface area contributed by atoms with Gasteiger partial charge in [0.15, 0.2) is 17.3 Å². The number of nitrogens with zero attached hydrogens (tertiary/aromatic N) is 3. The molecule has 10 heteroatoms. The fourth-order valence-electron chi connectivity index (χ4n) is 2.68. The number of anilines is 4. The molecular formula is C21H25N7O3. The van der Waals surface area contributed by atoms with Gasteiger partial charge < -0.3 is 30.7 Å². The van der Waals surface area contributed by atoms with Crippen molar-refractivity contribution >= 4 is 29.2 Å². The molecule has 2 amide bonds. The average molecular weight is 423 g/mol. The van der Waals surface area contributed by atoms with Gasteiger partial charge in [-0.05, 0) is 42.8 Å². The van der Waals surface area contributed by atoms with Crippen molar-refractivity contribution in [3.8, 4) is 11.5 Å². The standard InChI is InChI=1S/C21H25N7O3/c1-14-7-8-17(24-13-14)26-19-10-9-18(27-28-19)22-11-12-23-21(29)25-15-5-4-6-16(30-2)20(15)31-3/h4-10,13H,11-12H2,1-3H3,(H,22,27)(H2,23,25,29)(H,24,26,28). The molecule has 0 unspecified atom stereocenters. The van der Waals surface area contributed by atoms with Gasteiger partial charge in [0.1, 0.15) is 11.6 Å². The first-order valence-corrected chi connectivity index (χ1v) is 9.62. The zero-order valence-corrected chi connectivity index (χ0v) is 17.6. The molecule has 10 nitrogen and oxygen atoms in total. The van der Waals surface area contributed by atoms with Crippen molar-refractivity contribution < 1.29 is 14.3 Å². The molecular weight excluding hydrogens is 398 g/mol. The molecule has 162 valence electrons. The molecule has 0 atom stereocenters. The number of benzene rings is 1. The molecule has 0 aliphatic carbocycles. The number of aromatic nitrogens is 3. The minimum Gasteiger partial charge on any atom is -0.493 e. The van der Waals surface area contributed by atoms with Gasteiger partial charge in [-0.1, -0.05) is 12.1 Å². The number of hydrogen-bond acceptors (Lipinski definition) is 8. The highest BCUT2D eigenvalue weighted by molar-refractivity contribution is 5.91. The van der Waals surface area contributed by atoms with Gasteiger partial charge in [-0.3, -0.25) is 0 Å². The Kier molecular flexibility index (Phi) is 7.41. The molecule has 0 aliphatic rings. The summed E-state index contributed by atoms with van der Waals surface area (Å²) in [7, 11) is 3.06. The number of ether oxygens (including phenoxy) is 2. The molecule has 4 N–H and O–H groups in total. The van der Waals surface area contributed by atoms with Crippen LogP contribution in [0.25, 0.3) is 0 Å². The fraction of sp³-hybridized carbons (Fsp3) is 0.238. The van der Waals surface area contributed by atoms with Crippen LogP contribution in [0.5, 0.6) is 11.5 Å². The lowest BCUT2D eigenvalue weighted by Gasteiger charge is -2.14. The van der Waals surface area contributed by atoms with Crippen LogP contribution in [0.1, 0.15) is 5.56 Å². The van der Waals surface area contributed by atoms with E-state index in [1.807, 2.05) is 19.1 Å². The zero-order chi connectivity index (χ0) is 22.1. The van der Waals surface area contributed by atoms with Crippen molar-refractivity contribution in [1.29, 1.82) is 0 Å². The Hall–Kier alpha value is -4.08. The first kappa shape index (κ1) is 21.6. The van der Waals surface area contributed by atoms with Crippen LogP contribution in [-0.2, 0) is 0 Å². The number of pyridine rings is 1.